The van der Waals surface area contributed by atoms with Crippen molar-refractivity contribution in [3.05, 3.63) is 29.3 Å². The van der Waals surface area contributed by atoms with Crippen LogP contribution in [0.5, 0.6) is 0 Å². The third kappa shape index (κ3) is 1.96. The lowest BCUT2D eigenvalue weighted by Gasteiger charge is -2.22. The van der Waals surface area contributed by atoms with E-state index in [4.69, 9.17) is 11.6 Å². The zero-order valence-corrected chi connectivity index (χ0v) is 9.92. The first-order valence-electron chi connectivity index (χ1n) is 4.78. The molecule has 3 nitrogen and oxygen atoms in total. The van der Waals surface area contributed by atoms with Crippen LogP contribution < -0.4 is 4.31 Å². The third-order valence-corrected chi connectivity index (χ3v) is 4.71. The first kappa shape index (κ1) is 10.8. The molecule has 0 amide bonds. The number of rotatable bonds is 1. The Morgan fingerprint density at radius 2 is 2.20 bits per heavy atom. The number of anilines is 1. The Hall–Kier alpha value is -0.740. The Kier molecular flexibility index (Phi) is 2.64. The number of halogens is 1. The molecule has 1 fully saturated rings. The SMILES string of the molecule is CC1CCS(=O)(=O)N1c1cccc(Cl)c1. The molecule has 1 atom stereocenters. The maximum Gasteiger partial charge on any atom is 0.235 e. The van der Waals surface area contributed by atoms with Crippen molar-refractivity contribution in [2.24, 2.45) is 0 Å². The average Bonchev–Trinajstić information content (AvgIpc) is 2.40. The Labute approximate surface area is 94.7 Å². The molecule has 1 aromatic rings. The van der Waals surface area contributed by atoms with Gasteiger partial charge in [-0.3, -0.25) is 4.31 Å². The molecule has 0 aromatic heterocycles. The van der Waals surface area contributed by atoms with Gasteiger partial charge in [-0.2, -0.15) is 0 Å². The highest BCUT2D eigenvalue weighted by Crippen LogP contribution is 2.30. The van der Waals surface area contributed by atoms with Crippen LogP contribution in [0.2, 0.25) is 5.02 Å². The van der Waals surface area contributed by atoms with Crippen LogP contribution in [-0.4, -0.2) is 20.2 Å². The molecule has 0 bridgehead atoms. The lowest BCUT2D eigenvalue weighted by Crippen LogP contribution is -2.30. The molecule has 1 aromatic carbocycles. The number of sulfonamides is 1. The van der Waals surface area contributed by atoms with E-state index in [-0.39, 0.29) is 11.8 Å². The van der Waals surface area contributed by atoms with Gasteiger partial charge >= 0.3 is 0 Å². The van der Waals surface area contributed by atoms with Crippen LogP contribution in [0.25, 0.3) is 0 Å². The van der Waals surface area contributed by atoms with Gasteiger partial charge in [0.25, 0.3) is 0 Å². The Morgan fingerprint density at radius 3 is 2.73 bits per heavy atom. The van der Waals surface area contributed by atoms with Crippen molar-refractivity contribution in [1.82, 2.24) is 0 Å². The molecule has 1 unspecified atom stereocenters. The Morgan fingerprint density at radius 1 is 1.47 bits per heavy atom. The average molecular weight is 246 g/mol. The molecule has 0 spiro atoms. The number of benzene rings is 1. The molecule has 1 aliphatic rings. The van der Waals surface area contributed by atoms with Crippen LogP contribution in [0, 0.1) is 0 Å². The summed E-state index contributed by atoms with van der Waals surface area (Å²) >= 11 is 5.84. The molecule has 1 aliphatic heterocycles. The van der Waals surface area contributed by atoms with Gasteiger partial charge in [0, 0.05) is 11.1 Å². The second kappa shape index (κ2) is 3.68. The monoisotopic (exact) mass is 245 g/mol. The van der Waals surface area contributed by atoms with E-state index in [9.17, 15) is 8.42 Å². The molecule has 15 heavy (non-hydrogen) atoms. The summed E-state index contributed by atoms with van der Waals surface area (Å²) in [6.07, 6.45) is 0.675. The minimum absolute atomic E-state index is 0.0217. The first-order chi connectivity index (χ1) is 7.00. The van der Waals surface area contributed by atoms with Crippen molar-refractivity contribution in [2.75, 3.05) is 10.1 Å². The molecule has 0 radical (unpaired) electrons. The fourth-order valence-electron chi connectivity index (χ4n) is 1.84. The fourth-order valence-corrected chi connectivity index (χ4v) is 3.95. The summed E-state index contributed by atoms with van der Waals surface area (Å²) in [5, 5.41) is 0.557. The molecule has 0 aliphatic carbocycles. The maximum absolute atomic E-state index is 11.8. The van der Waals surface area contributed by atoms with Crippen LogP contribution in [0.3, 0.4) is 0 Å². The van der Waals surface area contributed by atoms with E-state index in [1.54, 1.807) is 24.3 Å². The van der Waals surface area contributed by atoms with Gasteiger partial charge in [-0.05, 0) is 31.5 Å². The van der Waals surface area contributed by atoms with E-state index in [0.717, 1.165) is 0 Å². The molecule has 5 heteroatoms. The number of nitrogens with zero attached hydrogens (tertiary/aromatic N) is 1. The molecular weight excluding hydrogens is 234 g/mol. The minimum Gasteiger partial charge on any atom is -0.267 e. The quantitative estimate of drug-likeness (QED) is 0.761. The van der Waals surface area contributed by atoms with Gasteiger partial charge in [0.2, 0.25) is 10.0 Å². The predicted octanol–water partition coefficient (Wildman–Crippen LogP) is 2.27. The van der Waals surface area contributed by atoms with Crippen LogP contribution in [0.15, 0.2) is 24.3 Å². The van der Waals surface area contributed by atoms with E-state index >= 15 is 0 Å². The lowest BCUT2D eigenvalue weighted by molar-refractivity contribution is 0.597. The normalized spacial score (nSPS) is 24.4. The van der Waals surface area contributed by atoms with Crippen LogP contribution in [0.1, 0.15) is 13.3 Å². The summed E-state index contributed by atoms with van der Waals surface area (Å²) in [5.41, 5.74) is 0.660. The highest BCUT2D eigenvalue weighted by atomic mass is 35.5. The van der Waals surface area contributed by atoms with Gasteiger partial charge < -0.3 is 0 Å². The van der Waals surface area contributed by atoms with Gasteiger partial charge in [-0.25, -0.2) is 8.42 Å². The molecule has 82 valence electrons. The van der Waals surface area contributed by atoms with Crippen molar-refractivity contribution in [1.29, 1.82) is 0 Å². The largest absolute Gasteiger partial charge is 0.267 e. The summed E-state index contributed by atoms with van der Waals surface area (Å²) in [7, 11) is -3.13. The Bertz CT molecular complexity index is 472. The summed E-state index contributed by atoms with van der Waals surface area (Å²) < 4.78 is 25.0. The standard InChI is InChI=1S/C10H12ClNO2S/c1-8-5-6-15(13,14)12(8)10-4-2-3-9(11)7-10/h2-4,7-8H,5-6H2,1H3. The fraction of sp³-hybridized carbons (Fsp3) is 0.400. The third-order valence-electron chi connectivity index (χ3n) is 2.56. The van der Waals surface area contributed by atoms with E-state index in [1.165, 1.54) is 4.31 Å². The second-order valence-electron chi connectivity index (χ2n) is 3.73. The predicted molar refractivity (Wildman–Crippen MR) is 61.8 cm³/mol. The summed E-state index contributed by atoms with van der Waals surface area (Å²) in [6, 6.07) is 6.97. The van der Waals surface area contributed by atoms with Gasteiger partial charge in [0.15, 0.2) is 0 Å². The van der Waals surface area contributed by atoms with Crippen LogP contribution >= 0.6 is 11.6 Å². The molecule has 0 saturated carbocycles. The summed E-state index contributed by atoms with van der Waals surface area (Å²) in [6.45, 7) is 1.91. The zero-order chi connectivity index (χ0) is 11.1. The van der Waals surface area contributed by atoms with Gasteiger partial charge in [0.1, 0.15) is 0 Å². The first-order valence-corrected chi connectivity index (χ1v) is 6.77. The Balaban J connectivity index is 2.46. The second-order valence-corrected chi connectivity index (χ2v) is 6.13. The smallest absolute Gasteiger partial charge is 0.235 e. The molecular formula is C10H12ClNO2S. The molecule has 2 rings (SSSR count). The highest BCUT2D eigenvalue weighted by Gasteiger charge is 2.34. The van der Waals surface area contributed by atoms with Gasteiger partial charge in [0.05, 0.1) is 11.4 Å². The molecule has 1 heterocycles. The topological polar surface area (TPSA) is 37.4 Å². The maximum atomic E-state index is 11.8. The zero-order valence-electron chi connectivity index (χ0n) is 8.35. The van der Waals surface area contributed by atoms with Crippen LogP contribution in [-0.2, 0) is 10.0 Å². The van der Waals surface area contributed by atoms with Crippen LogP contribution in [0.4, 0.5) is 5.69 Å². The van der Waals surface area contributed by atoms with Crippen molar-refractivity contribution >= 4 is 27.3 Å². The van der Waals surface area contributed by atoms with E-state index in [1.807, 2.05) is 6.92 Å². The van der Waals surface area contributed by atoms with Crippen molar-refractivity contribution in [3.63, 3.8) is 0 Å². The molecule has 1 saturated heterocycles. The van der Waals surface area contributed by atoms with Crippen molar-refractivity contribution in [3.8, 4) is 0 Å². The van der Waals surface area contributed by atoms with E-state index in [0.29, 0.717) is 17.1 Å². The number of hydrogen-bond acceptors (Lipinski definition) is 2. The summed E-state index contributed by atoms with van der Waals surface area (Å²) in [5.74, 6) is 0.223. The lowest BCUT2D eigenvalue weighted by atomic mass is 10.2. The highest BCUT2D eigenvalue weighted by molar-refractivity contribution is 7.93. The van der Waals surface area contributed by atoms with Crippen molar-refractivity contribution < 1.29 is 8.42 Å². The van der Waals surface area contributed by atoms with E-state index < -0.39 is 10.0 Å². The molecule has 0 N–H and O–H groups in total. The number of hydrogen-bond donors (Lipinski definition) is 0. The van der Waals surface area contributed by atoms with Gasteiger partial charge in [-0.1, -0.05) is 17.7 Å². The van der Waals surface area contributed by atoms with Crippen molar-refractivity contribution in [2.45, 2.75) is 19.4 Å². The van der Waals surface area contributed by atoms with E-state index in [2.05, 4.69) is 0 Å². The van der Waals surface area contributed by atoms with Gasteiger partial charge in [-0.15, -0.1) is 0 Å². The summed E-state index contributed by atoms with van der Waals surface area (Å²) in [4.78, 5) is 0. The minimum atomic E-state index is -3.13.